The van der Waals surface area contributed by atoms with Gasteiger partial charge in [0.1, 0.15) is 0 Å². The molecule has 0 atom stereocenters. The molecule has 1 aliphatic rings. The van der Waals surface area contributed by atoms with Crippen molar-refractivity contribution in [1.82, 2.24) is 5.48 Å². The van der Waals surface area contributed by atoms with E-state index in [0.717, 1.165) is 6.54 Å². The third-order valence-corrected chi connectivity index (χ3v) is 2.67. The Morgan fingerprint density at radius 2 is 1.86 bits per heavy atom. The van der Waals surface area contributed by atoms with Gasteiger partial charge in [-0.3, -0.25) is 4.84 Å². The molecule has 2 rings (SSSR count). The van der Waals surface area contributed by atoms with Crippen LogP contribution in [0.25, 0.3) is 0 Å². The number of rotatable bonds is 4. The van der Waals surface area contributed by atoms with Crippen LogP contribution in [0.4, 0.5) is 0 Å². The lowest BCUT2D eigenvalue weighted by Crippen LogP contribution is -2.21. The predicted octanol–water partition coefficient (Wildman–Crippen LogP) is 2.65. The Kier molecular flexibility index (Phi) is 3.55. The van der Waals surface area contributed by atoms with Crippen molar-refractivity contribution in [1.29, 1.82) is 0 Å². The molecule has 0 aromatic heterocycles. The molecule has 0 radical (unpaired) electrons. The summed E-state index contributed by atoms with van der Waals surface area (Å²) in [5.41, 5.74) is 4.31. The molecule has 2 nitrogen and oxygen atoms in total. The Bertz CT molecular complexity index is 254. The second-order valence-corrected chi connectivity index (χ2v) is 3.83. The summed E-state index contributed by atoms with van der Waals surface area (Å²) in [5.74, 6) is 0. The number of hydroxylamine groups is 1. The summed E-state index contributed by atoms with van der Waals surface area (Å²) in [7, 11) is 0. The zero-order valence-corrected chi connectivity index (χ0v) is 8.41. The number of hydrogen-bond acceptors (Lipinski definition) is 2. The fraction of sp³-hybridized carbons (Fsp3) is 0.500. The van der Waals surface area contributed by atoms with Gasteiger partial charge in [-0.1, -0.05) is 43.2 Å². The highest BCUT2D eigenvalue weighted by atomic mass is 16.7. The van der Waals surface area contributed by atoms with Gasteiger partial charge in [0.05, 0.1) is 6.10 Å². The van der Waals surface area contributed by atoms with Crippen molar-refractivity contribution in [2.75, 3.05) is 0 Å². The van der Waals surface area contributed by atoms with Gasteiger partial charge < -0.3 is 0 Å². The first-order valence-electron chi connectivity index (χ1n) is 5.37. The van der Waals surface area contributed by atoms with Crippen molar-refractivity contribution in [3.8, 4) is 0 Å². The summed E-state index contributed by atoms with van der Waals surface area (Å²) in [5, 5.41) is 0. The third kappa shape index (κ3) is 2.82. The molecule has 1 aromatic carbocycles. The van der Waals surface area contributed by atoms with Gasteiger partial charge in [-0.25, -0.2) is 0 Å². The first-order valence-corrected chi connectivity index (χ1v) is 5.37. The van der Waals surface area contributed by atoms with Gasteiger partial charge in [-0.15, -0.1) is 0 Å². The van der Waals surface area contributed by atoms with E-state index in [-0.39, 0.29) is 0 Å². The van der Waals surface area contributed by atoms with Gasteiger partial charge in [-0.2, -0.15) is 5.48 Å². The molecule has 0 bridgehead atoms. The van der Waals surface area contributed by atoms with Crippen LogP contribution in [0.5, 0.6) is 0 Å². The Hall–Kier alpha value is -0.860. The average molecular weight is 191 g/mol. The highest BCUT2D eigenvalue weighted by Gasteiger charge is 2.14. The van der Waals surface area contributed by atoms with E-state index in [2.05, 4.69) is 17.6 Å². The normalized spacial score (nSPS) is 17.4. The zero-order valence-electron chi connectivity index (χ0n) is 8.41. The van der Waals surface area contributed by atoms with Crippen molar-refractivity contribution in [2.24, 2.45) is 0 Å². The Morgan fingerprint density at radius 1 is 1.14 bits per heavy atom. The van der Waals surface area contributed by atoms with Crippen LogP contribution in [0.3, 0.4) is 0 Å². The minimum absolute atomic E-state index is 0.443. The van der Waals surface area contributed by atoms with Crippen LogP contribution in [0.1, 0.15) is 31.2 Å². The van der Waals surface area contributed by atoms with Crippen LogP contribution in [0.15, 0.2) is 30.3 Å². The van der Waals surface area contributed by atoms with Crippen LogP contribution in [0, 0.1) is 0 Å². The lowest BCUT2D eigenvalue weighted by Gasteiger charge is -2.11. The Balaban J connectivity index is 1.67. The Morgan fingerprint density at radius 3 is 2.57 bits per heavy atom. The summed E-state index contributed by atoms with van der Waals surface area (Å²) in [6.07, 6.45) is 5.50. The smallest absolute Gasteiger partial charge is 0.0790 e. The van der Waals surface area contributed by atoms with Crippen LogP contribution in [-0.2, 0) is 11.4 Å². The fourth-order valence-corrected chi connectivity index (χ4v) is 1.84. The van der Waals surface area contributed by atoms with Gasteiger partial charge in [-0.05, 0) is 18.4 Å². The largest absolute Gasteiger partial charge is 0.298 e. The predicted molar refractivity (Wildman–Crippen MR) is 56.6 cm³/mol. The zero-order chi connectivity index (χ0) is 9.64. The average Bonchev–Trinajstić information content (AvgIpc) is 2.72. The van der Waals surface area contributed by atoms with Crippen molar-refractivity contribution >= 4 is 0 Å². The van der Waals surface area contributed by atoms with Crippen molar-refractivity contribution in [3.63, 3.8) is 0 Å². The summed E-state index contributed by atoms with van der Waals surface area (Å²) >= 11 is 0. The molecule has 1 N–H and O–H groups in total. The highest BCUT2D eigenvalue weighted by Crippen LogP contribution is 2.19. The summed E-state index contributed by atoms with van der Waals surface area (Å²) in [6.45, 7) is 0.803. The van der Waals surface area contributed by atoms with Crippen LogP contribution in [0.2, 0.25) is 0 Å². The molecule has 0 saturated heterocycles. The second kappa shape index (κ2) is 5.13. The van der Waals surface area contributed by atoms with Gasteiger partial charge in [0.25, 0.3) is 0 Å². The lowest BCUT2D eigenvalue weighted by atomic mass is 10.2. The van der Waals surface area contributed by atoms with E-state index in [0.29, 0.717) is 6.10 Å². The van der Waals surface area contributed by atoms with Gasteiger partial charge in [0.2, 0.25) is 0 Å². The quantitative estimate of drug-likeness (QED) is 0.739. The van der Waals surface area contributed by atoms with Gasteiger partial charge >= 0.3 is 0 Å². The number of hydrogen-bond donors (Lipinski definition) is 1. The van der Waals surface area contributed by atoms with E-state index < -0.39 is 0 Å². The van der Waals surface area contributed by atoms with E-state index in [4.69, 9.17) is 4.84 Å². The van der Waals surface area contributed by atoms with E-state index in [1.54, 1.807) is 0 Å². The molecule has 0 spiro atoms. The van der Waals surface area contributed by atoms with Gasteiger partial charge in [0.15, 0.2) is 0 Å². The first-order chi connectivity index (χ1) is 6.95. The molecule has 1 aromatic rings. The SMILES string of the molecule is c1ccc(CNOC2CCCC2)cc1. The van der Waals surface area contributed by atoms with Crippen molar-refractivity contribution in [2.45, 2.75) is 38.3 Å². The molecule has 1 fully saturated rings. The van der Waals surface area contributed by atoms with Crippen LogP contribution < -0.4 is 5.48 Å². The highest BCUT2D eigenvalue weighted by molar-refractivity contribution is 5.13. The summed E-state index contributed by atoms with van der Waals surface area (Å²) in [4.78, 5) is 5.56. The van der Waals surface area contributed by atoms with Crippen LogP contribution in [-0.4, -0.2) is 6.10 Å². The summed E-state index contributed by atoms with van der Waals surface area (Å²) in [6, 6.07) is 10.3. The minimum Gasteiger partial charge on any atom is -0.298 e. The van der Waals surface area contributed by atoms with E-state index in [1.165, 1.54) is 31.2 Å². The van der Waals surface area contributed by atoms with E-state index in [1.807, 2.05) is 18.2 Å². The fourth-order valence-electron chi connectivity index (χ4n) is 1.84. The molecule has 76 valence electrons. The van der Waals surface area contributed by atoms with Crippen LogP contribution >= 0.6 is 0 Å². The summed E-state index contributed by atoms with van der Waals surface area (Å²) < 4.78 is 0. The van der Waals surface area contributed by atoms with Crippen molar-refractivity contribution < 1.29 is 4.84 Å². The molecular formula is C12H17NO. The maximum absolute atomic E-state index is 5.56. The molecule has 0 amide bonds. The molecule has 0 unspecified atom stereocenters. The molecule has 2 heteroatoms. The second-order valence-electron chi connectivity index (χ2n) is 3.83. The van der Waals surface area contributed by atoms with Gasteiger partial charge in [0, 0.05) is 6.54 Å². The van der Waals surface area contributed by atoms with E-state index in [9.17, 15) is 0 Å². The number of nitrogens with one attached hydrogen (secondary N) is 1. The molecule has 0 aliphatic heterocycles. The lowest BCUT2D eigenvalue weighted by molar-refractivity contribution is -0.0244. The molecule has 1 saturated carbocycles. The number of benzene rings is 1. The standard InChI is InChI=1S/C12H17NO/c1-2-6-11(7-3-1)10-13-14-12-8-4-5-9-12/h1-3,6-7,12-13H,4-5,8-10H2. The molecule has 0 heterocycles. The molecule has 14 heavy (non-hydrogen) atoms. The van der Waals surface area contributed by atoms with E-state index >= 15 is 0 Å². The Labute approximate surface area is 85.2 Å². The minimum atomic E-state index is 0.443. The monoisotopic (exact) mass is 191 g/mol. The topological polar surface area (TPSA) is 21.3 Å². The molecule has 1 aliphatic carbocycles. The molecular weight excluding hydrogens is 174 g/mol. The maximum atomic E-state index is 5.56. The first kappa shape index (κ1) is 9.69. The van der Waals surface area contributed by atoms with Crippen molar-refractivity contribution in [3.05, 3.63) is 35.9 Å². The maximum Gasteiger partial charge on any atom is 0.0790 e. The third-order valence-electron chi connectivity index (χ3n) is 2.67.